The molecule has 0 heterocycles. The first kappa shape index (κ1) is 9.82. The maximum absolute atomic E-state index is 4.98. The molecule has 66 valence electrons. The summed E-state index contributed by atoms with van der Waals surface area (Å²) < 4.78 is 1.01. The van der Waals surface area contributed by atoms with Gasteiger partial charge in [-0.1, -0.05) is 39.1 Å². The molecule has 13 heavy (non-hydrogen) atoms. The van der Waals surface area contributed by atoms with Crippen molar-refractivity contribution in [1.82, 2.24) is 0 Å². The molecule has 0 radical (unpaired) electrons. The molecule has 0 unspecified atom stereocenters. The summed E-state index contributed by atoms with van der Waals surface area (Å²) in [6, 6.07) is 7.72. The lowest BCUT2D eigenvalue weighted by molar-refractivity contribution is 0.181. The summed E-state index contributed by atoms with van der Waals surface area (Å²) in [5.41, 5.74) is 0.964. The van der Waals surface area contributed by atoms with Gasteiger partial charge in [0, 0.05) is 4.47 Å². The summed E-state index contributed by atoms with van der Waals surface area (Å²) in [4.78, 5) is 4.74. The largest absolute Gasteiger partial charge is 0.383 e. The van der Waals surface area contributed by atoms with Gasteiger partial charge in [0.15, 0.2) is 6.61 Å². The number of hydrogen-bond acceptors (Lipinski definition) is 2. The molecular weight excluding hydrogens is 230 g/mol. The van der Waals surface area contributed by atoms with Crippen molar-refractivity contribution in [1.29, 1.82) is 0 Å². The van der Waals surface area contributed by atoms with Gasteiger partial charge in [0.25, 0.3) is 0 Å². The van der Waals surface area contributed by atoms with E-state index in [1.807, 2.05) is 24.3 Å². The van der Waals surface area contributed by atoms with Crippen LogP contribution in [0.25, 0.3) is 0 Å². The highest BCUT2D eigenvalue weighted by Gasteiger charge is 1.88. The first-order valence-electron chi connectivity index (χ1n) is 3.67. The fourth-order valence-electron chi connectivity index (χ4n) is 0.760. The molecule has 3 heteroatoms. The minimum absolute atomic E-state index is 0.199. The van der Waals surface area contributed by atoms with Gasteiger partial charge in [-0.3, -0.25) is 0 Å². The number of nitrogens with zero attached hydrogens (tertiary/aromatic N) is 1. The van der Waals surface area contributed by atoms with Crippen LogP contribution >= 0.6 is 15.9 Å². The molecule has 1 aromatic rings. The van der Waals surface area contributed by atoms with Crippen molar-refractivity contribution in [3.05, 3.63) is 34.3 Å². The number of hydrogen-bond donors (Lipinski definition) is 0. The molecule has 0 amide bonds. The van der Waals surface area contributed by atoms with Crippen molar-refractivity contribution in [3.63, 3.8) is 0 Å². The zero-order valence-electron chi connectivity index (χ0n) is 6.90. The van der Waals surface area contributed by atoms with Gasteiger partial charge in [-0.25, -0.2) is 0 Å². The molecule has 1 aromatic carbocycles. The van der Waals surface area contributed by atoms with Gasteiger partial charge in [0.1, 0.15) is 0 Å². The molecule has 0 aliphatic heterocycles. The predicted octanol–water partition coefficient (Wildman–Crippen LogP) is 2.43. The summed E-state index contributed by atoms with van der Waals surface area (Å²) in [6.45, 7) is 0.199. The first-order valence-corrected chi connectivity index (χ1v) is 4.46. The van der Waals surface area contributed by atoms with E-state index in [1.54, 1.807) is 6.21 Å². The Balaban J connectivity index is 2.54. The summed E-state index contributed by atoms with van der Waals surface area (Å²) >= 11 is 3.35. The molecule has 0 spiro atoms. The summed E-state index contributed by atoms with van der Waals surface area (Å²) in [6.07, 6.45) is 6.59. The van der Waals surface area contributed by atoms with Crippen molar-refractivity contribution in [2.75, 3.05) is 6.61 Å². The van der Waals surface area contributed by atoms with Crippen molar-refractivity contribution < 1.29 is 4.84 Å². The van der Waals surface area contributed by atoms with Crippen LogP contribution < -0.4 is 0 Å². The van der Waals surface area contributed by atoms with E-state index in [0.29, 0.717) is 0 Å². The van der Waals surface area contributed by atoms with Gasteiger partial charge in [-0.05, 0) is 17.7 Å². The van der Waals surface area contributed by atoms with E-state index < -0.39 is 0 Å². The third-order valence-corrected chi connectivity index (χ3v) is 1.77. The Morgan fingerprint density at radius 3 is 3.15 bits per heavy atom. The molecule has 0 saturated heterocycles. The van der Waals surface area contributed by atoms with Gasteiger partial charge in [-0.2, -0.15) is 0 Å². The predicted molar refractivity (Wildman–Crippen MR) is 56.5 cm³/mol. The molecule has 0 aliphatic carbocycles. The zero-order chi connectivity index (χ0) is 9.52. The molecule has 0 aliphatic rings. The molecule has 0 fully saturated rings. The number of rotatable bonds is 3. The summed E-state index contributed by atoms with van der Waals surface area (Å²) in [5, 5.41) is 3.68. The maximum Gasteiger partial charge on any atom is 0.177 e. The SMILES string of the molecule is C#CCO/N=C/c1cccc(Br)c1. The highest BCUT2D eigenvalue weighted by Crippen LogP contribution is 2.09. The summed E-state index contributed by atoms with van der Waals surface area (Å²) in [5.74, 6) is 2.32. The molecule has 1 rings (SSSR count). The fourth-order valence-corrected chi connectivity index (χ4v) is 1.18. The minimum Gasteiger partial charge on any atom is -0.383 e. The fraction of sp³-hybridized carbons (Fsp3) is 0.100. The van der Waals surface area contributed by atoms with Crippen LogP contribution in [0.3, 0.4) is 0 Å². The third-order valence-electron chi connectivity index (χ3n) is 1.27. The number of oxime groups is 1. The second kappa shape index (κ2) is 5.39. The number of terminal acetylenes is 1. The maximum atomic E-state index is 4.98. The normalized spacial score (nSPS) is 9.85. The Morgan fingerprint density at radius 2 is 2.46 bits per heavy atom. The van der Waals surface area contributed by atoms with E-state index in [-0.39, 0.29) is 6.61 Å². The Hall–Kier alpha value is -1.27. The average Bonchev–Trinajstić information content (AvgIpc) is 2.13. The minimum atomic E-state index is 0.199. The van der Waals surface area contributed by atoms with Crippen molar-refractivity contribution in [2.45, 2.75) is 0 Å². The van der Waals surface area contributed by atoms with Crippen molar-refractivity contribution in [3.8, 4) is 12.3 Å². The lowest BCUT2D eigenvalue weighted by Crippen LogP contribution is -1.85. The molecule has 0 atom stereocenters. The van der Waals surface area contributed by atoms with Gasteiger partial charge in [0.05, 0.1) is 6.21 Å². The van der Waals surface area contributed by atoms with Crippen LogP contribution in [0.4, 0.5) is 0 Å². The molecule has 0 saturated carbocycles. The number of halogens is 1. The standard InChI is InChI=1S/C10H8BrNO/c1-2-6-13-12-8-9-4-3-5-10(11)7-9/h1,3-5,7-8H,6H2/b12-8+. The molecule has 0 N–H and O–H groups in total. The molecular formula is C10H8BrNO. The van der Waals surface area contributed by atoms with E-state index in [2.05, 4.69) is 27.0 Å². The first-order chi connectivity index (χ1) is 6.33. The average molecular weight is 238 g/mol. The van der Waals surface area contributed by atoms with Crippen LogP contribution in [0.15, 0.2) is 33.9 Å². The lowest BCUT2D eigenvalue weighted by atomic mass is 10.2. The molecule has 0 bridgehead atoms. The molecule has 2 nitrogen and oxygen atoms in total. The highest BCUT2D eigenvalue weighted by atomic mass is 79.9. The third kappa shape index (κ3) is 3.77. The Morgan fingerprint density at radius 1 is 1.62 bits per heavy atom. The van der Waals surface area contributed by atoms with Gasteiger partial charge < -0.3 is 4.84 Å². The highest BCUT2D eigenvalue weighted by molar-refractivity contribution is 9.10. The second-order valence-electron chi connectivity index (χ2n) is 2.27. The number of benzene rings is 1. The smallest absolute Gasteiger partial charge is 0.177 e. The van der Waals surface area contributed by atoms with E-state index in [4.69, 9.17) is 11.3 Å². The van der Waals surface area contributed by atoms with Crippen LogP contribution in [-0.2, 0) is 4.84 Å². The van der Waals surface area contributed by atoms with Crippen LogP contribution in [0.5, 0.6) is 0 Å². The zero-order valence-corrected chi connectivity index (χ0v) is 8.49. The van der Waals surface area contributed by atoms with Crippen LogP contribution in [-0.4, -0.2) is 12.8 Å². The molecule has 0 aromatic heterocycles. The van der Waals surface area contributed by atoms with E-state index in [9.17, 15) is 0 Å². The van der Waals surface area contributed by atoms with Gasteiger partial charge in [-0.15, -0.1) is 6.42 Å². The Labute approximate surface area is 85.7 Å². The van der Waals surface area contributed by atoms with Gasteiger partial charge >= 0.3 is 0 Å². The van der Waals surface area contributed by atoms with Gasteiger partial charge in [0.2, 0.25) is 0 Å². The quantitative estimate of drug-likeness (QED) is 0.343. The van der Waals surface area contributed by atoms with E-state index >= 15 is 0 Å². The van der Waals surface area contributed by atoms with Crippen LogP contribution in [0, 0.1) is 12.3 Å². The van der Waals surface area contributed by atoms with Crippen molar-refractivity contribution in [2.24, 2.45) is 5.16 Å². The second-order valence-corrected chi connectivity index (χ2v) is 3.18. The van der Waals surface area contributed by atoms with Crippen LogP contribution in [0.1, 0.15) is 5.56 Å². The van der Waals surface area contributed by atoms with E-state index in [0.717, 1.165) is 10.0 Å². The Bertz CT molecular complexity index is 341. The van der Waals surface area contributed by atoms with Crippen molar-refractivity contribution >= 4 is 22.1 Å². The topological polar surface area (TPSA) is 21.6 Å². The van der Waals surface area contributed by atoms with Crippen LogP contribution in [0.2, 0.25) is 0 Å². The lowest BCUT2D eigenvalue weighted by Gasteiger charge is -1.93. The Kier molecular flexibility index (Phi) is 4.07. The monoisotopic (exact) mass is 237 g/mol. The summed E-state index contributed by atoms with van der Waals surface area (Å²) in [7, 11) is 0. The van der Waals surface area contributed by atoms with E-state index in [1.165, 1.54) is 0 Å².